The first-order valence-electron chi connectivity index (χ1n) is 8.91. The molecule has 0 fully saturated rings. The molecule has 0 saturated heterocycles. The highest BCUT2D eigenvalue weighted by molar-refractivity contribution is 7.10. The molecule has 1 N–H and O–H groups in total. The lowest BCUT2D eigenvalue weighted by Crippen LogP contribution is -2.28. The van der Waals surface area contributed by atoms with Gasteiger partial charge in [0.05, 0.1) is 17.4 Å². The molecule has 156 valence electrons. The van der Waals surface area contributed by atoms with Gasteiger partial charge >= 0.3 is 5.97 Å². The minimum Gasteiger partial charge on any atom is -0.453 e. The van der Waals surface area contributed by atoms with Gasteiger partial charge in [-0.25, -0.2) is 0 Å². The third kappa shape index (κ3) is 5.26. The van der Waals surface area contributed by atoms with Crippen LogP contribution in [0, 0.1) is 10.1 Å². The molecule has 2 unspecified atom stereocenters. The number of hydrogen-bond donors (Lipinski definition) is 1. The quantitative estimate of drug-likeness (QED) is 0.325. The van der Waals surface area contributed by atoms with E-state index in [1.807, 2.05) is 17.5 Å². The van der Waals surface area contributed by atoms with Gasteiger partial charge < -0.3 is 14.5 Å². The van der Waals surface area contributed by atoms with Crippen molar-refractivity contribution in [2.45, 2.75) is 32.4 Å². The van der Waals surface area contributed by atoms with Crippen molar-refractivity contribution in [2.75, 3.05) is 0 Å². The number of rotatable bonds is 8. The van der Waals surface area contributed by atoms with E-state index >= 15 is 0 Å². The Labute approximate surface area is 175 Å². The van der Waals surface area contributed by atoms with Gasteiger partial charge in [0, 0.05) is 29.5 Å². The standard InChI is InChI=1S/C19H18N4O6S/c1-11(28-17(25)10-15(20-12(2)24)16-4-3-9-30-16)18-21-22-19(29-18)13-5-7-14(8-6-13)23(26)27/h3-9,11,15H,10H2,1-2H3,(H,20,24). The molecule has 0 radical (unpaired) electrons. The zero-order valence-electron chi connectivity index (χ0n) is 16.1. The number of amides is 1. The number of thiophene rings is 1. The molecule has 10 nitrogen and oxygen atoms in total. The maximum absolute atomic E-state index is 12.4. The second kappa shape index (κ2) is 9.27. The molecular formula is C19H18N4O6S. The Hall–Kier alpha value is -3.60. The molecule has 3 rings (SSSR count). The normalized spacial score (nSPS) is 12.7. The highest BCUT2D eigenvalue weighted by Crippen LogP contribution is 2.26. The van der Waals surface area contributed by atoms with Gasteiger partial charge in [0.1, 0.15) is 0 Å². The Morgan fingerprint density at radius 1 is 1.27 bits per heavy atom. The summed E-state index contributed by atoms with van der Waals surface area (Å²) < 4.78 is 10.9. The number of carbonyl (C=O) groups is 2. The molecule has 2 atom stereocenters. The predicted octanol–water partition coefficient (Wildman–Crippen LogP) is 3.58. The molecule has 0 bridgehead atoms. The zero-order valence-corrected chi connectivity index (χ0v) is 16.9. The van der Waals surface area contributed by atoms with Crippen molar-refractivity contribution >= 4 is 28.9 Å². The lowest BCUT2D eigenvalue weighted by molar-refractivity contribution is -0.384. The first-order valence-corrected chi connectivity index (χ1v) is 9.79. The Morgan fingerprint density at radius 2 is 2.00 bits per heavy atom. The van der Waals surface area contributed by atoms with Crippen LogP contribution in [0.4, 0.5) is 5.69 Å². The second-order valence-electron chi connectivity index (χ2n) is 6.35. The van der Waals surface area contributed by atoms with E-state index < -0.39 is 23.0 Å². The van der Waals surface area contributed by atoms with Gasteiger partial charge in [-0.2, -0.15) is 0 Å². The molecule has 0 aliphatic rings. The summed E-state index contributed by atoms with van der Waals surface area (Å²) in [5.74, 6) is -0.551. The maximum atomic E-state index is 12.4. The van der Waals surface area contributed by atoms with Gasteiger partial charge in [-0.05, 0) is 30.5 Å². The highest BCUT2D eigenvalue weighted by Gasteiger charge is 2.23. The van der Waals surface area contributed by atoms with Gasteiger partial charge in [-0.3, -0.25) is 19.7 Å². The molecule has 11 heteroatoms. The summed E-state index contributed by atoms with van der Waals surface area (Å²) in [4.78, 5) is 34.9. The van der Waals surface area contributed by atoms with Crippen LogP contribution in [0.5, 0.6) is 0 Å². The molecule has 0 aliphatic carbocycles. The van der Waals surface area contributed by atoms with E-state index in [-0.39, 0.29) is 29.8 Å². The van der Waals surface area contributed by atoms with Crippen LogP contribution in [0.3, 0.4) is 0 Å². The highest BCUT2D eigenvalue weighted by atomic mass is 32.1. The predicted molar refractivity (Wildman–Crippen MR) is 106 cm³/mol. The van der Waals surface area contributed by atoms with Crippen molar-refractivity contribution in [3.05, 3.63) is 62.7 Å². The van der Waals surface area contributed by atoms with Crippen LogP contribution in [-0.4, -0.2) is 27.0 Å². The third-order valence-corrected chi connectivity index (χ3v) is 5.04. The minimum atomic E-state index is -0.807. The fourth-order valence-corrected chi connectivity index (χ4v) is 3.44. The van der Waals surface area contributed by atoms with Crippen LogP contribution >= 0.6 is 11.3 Å². The van der Waals surface area contributed by atoms with Gasteiger partial charge in [0.15, 0.2) is 6.10 Å². The number of hydrogen-bond acceptors (Lipinski definition) is 9. The largest absolute Gasteiger partial charge is 0.453 e. The van der Waals surface area contributed by atoms with Gasteiger partial charge in [-0.15, -0.1) is 21.5 Å². The molecule has 2 aromatic heterocycles. The number of nitrogens with one attached hydrogen (secondary N) is 1. The smallest absolute Gasteiger partial charge is 0.309 e. The van der Waals surface area contributed by atoms with Crippen LogP contribution < -0.4 is 5.32 Å². The number of nitro benzene ring substituents is 1. The van der Waals surface area contributed by atoms with Crippen LogP contribution in [0.1, 0.15) is 43.2 Å². The minimum absolute atomic E-state index is 0.0478. The fraction of sp³-hybridized carbons (Fsp3) is 0.263. The third-order valence-electron chi connectivity index (χ3n) is 4.06. The molecule has 3 aromatic rings. The lowest BCUT2D eigenvalue weighted by Gasteiger charge is -2.17. The summed E-state index contributed by atoms with van der Waals surface area (Å²) in [6, 6.07) is 8.82. The lowest BCUT2D eigenvalue weighted by atomic mass is 10.1. The summed E-state index contributed by atoms with van der Waals surface area (Å²) in [6.07, 6.45) is -0.855. The van der Waals surface area contributed by atoms with Crippen molar-refractivity contribution in [1.29, 1.82) is 0 Å². The summed E-state index contributed by atoms with van der Waals surface area (Å²) in [5, 5.41) is 23.1. The molecule has 0 spiro atoms. The van der Waals surface area contributed by atoms with Crippen LogP contribution in [0.15, 0.2) is 46.2 Å². The number of esters is 1. The van der Waals surface area contributed by atoms with E-state index in [1.54, 1.807) is 6.92 Å². The van der Waals surface area contributed by atoms with Gasteiger partial charge in [-0.1, -0.05) is 6.07 Å². The van der Waals surface area contributed by atoms with E-state index in [2.05, 4.69) is 15.5 Å². The van der Waals surface area contributed by atoms with Crippen molar-refractivity contribution in [3.63, 3.8) is 0 Å². The monoisotopic (exact) mass is 430 g/mol. The first-order chi connectivity index (χ1) is 14.3. The van der Waals surface area contributed by atoms with Gasteiger partial charge in [0.25, 0.3) is 11.6 Å². The number of nitrogens with zero attached hydrogens (tertiary/aromatic N) is 3. The molecule has 1 aromatic carbocycles. The van der Waals surface area contributed by atoms with E-state index in [9.17, 15) is 19.7 Å². The SMILES string of the molecule is CC(=O)NC(CC(=O)OC(C)c1nnc(-c2ccc([N+](=O)[O-])cc2)o1)c1cccs1. The van der Waals surface area contributed by atoms with E-state index in [4.69, 9.17) is 9.15 Å². The Morgan fingerprint density at radius 3 is 2.60 bits per heavy atom. The van der Waals surface area contributed by atoms with E-state index in [1.165, 1.54) is 42.5 Å². The van der Waals surface area contributed by atoms with Crippen LogP contribution in [-0.2, 0) is 14.3 Å². The Kier molecular flexibility index (Phi) is 6.52. The summed E-state index contributed by atoms with van der Waals surface area (Å²) in [6.45, 7) is 2.97. The van der Waals surface area contributed by atoms with Gasteiger partial charge in [0.2, 0.25) is 11.8 Å². The second-order valence-corrected chi connectivity index (χ2v) is 7.33. The van der Waals surface area contributed by atoms with Crippen molar-refractivity contribution in [1.82, 2.24) is 15.5 Å². The molecular weight excluding hydrogens is 412 g/mol. The number of aromatic nitrogens is 2. The molecule has 1 amide bonds. The molecule has 0 aliphatic heterocycles. The van der Waals surface area contributed by atoms with Crippen molar-refractivity contribution < 1.29 is 23.7 Å². The Bertz CT molecular complexity index is 1030. The van der Waals surface area contributed by atoms with E-state index in [0.29, 0.717) is 5.56 Å². The number of non-ortho nitro benzene ring substituents is 1. The number of benzene rings is 1. The van der Waals surface area contributed by atoms with Crippen molar-refractivity contribution in [2.24, 2.45) is 0 Å². The summed E-state index contributed by atoms with van der Waals surface area (Å²) >= 11 is 1.43. The molecule has 2 heterocycles. The fourth-order valence-electron chi connectivity index (χ4n) is 2.66. The summed E-state index contributed by atoms with van der Waals surface area (Å²) in [7, 11) is 0. The van der Waals surface area contributed by atoms with Crippen LogP contribution in [0.2, 0.25) is 0 Å². The number of nitro groups is 1. The average Bonchev–Trinajstić information content (AvgIpc) is 3.39. The zero-order chi connectivity index (χ0) is 21.7. The Balaban J connectivity index is 1.64. The topological polar surface area (TPSA) is 137 Å². The number of ether oxygens (including phenoxy) is 1. The first kappa shape index (κ1) is 21.1. The van der Waals surface area contributed by atoms with Crippen molar-refractivity contribution in [3.8, 4) is 11.5 Å². The molecule has 30 heavy (non-hydrogen) atoms. The average molecular weight is 430 g/mol. The number of carbonyl (C=O) groups excluding carboxylic acids is 2. The van der Waals surface area contributed by atoms with Crippen LogP contribution in [0.25, 0.3) is 11.5 Å². The summed E-state index contributed by atoms with van der Waals surface area (Å²) in [5.41, 5.74) is 0.446. The molecule has 0 saturated carbocycles. The maximum Gasteiger partial charge on any atom is 0.309 e. The van der Waals surface area contributed by atoms with E-state index in [0.717, 1.165) is 4.88 Å².